The summed E-state index contributed by atoms with van der Waals surface area (Å²) < 4.78 is 18.3. The van der Waals surface area contributed by atoms with E-state index in [0.29, 0.717) is 17.2 Å². The van der Waals surface area contributed by atoms with Crippen molar-refractivity contribution in [1.82, 2.24) is 18.7 Å². The van der Waals surface area contributed by atoms with E-state index in [1.807, 2.05) is 31.2 Å². The van der Waals surface area contributed by atoms with Crippen molar-refractivity contribution in [3.63, 3.8) is 0 Å². The van der Waals surface area contributed by atoms with E-state index in [1.54, 1.807) is 36.4 Å². The van der Waals surface area contributed by atoms with Crippen molar-refractivity contribution in [3.8, 4) is 5.69 Å². The van der Waals surface area contributed by atoms with Crippen molar-refractivity contribution < 1.29 is 9.18 Å². The first-order valence-corrected chi connectivity index (χ1v) is 12.4. The van der Waals surface area contributed by atoms with Crippen LogP contribution >= 0.6 is 0 Å². The summed E-state index contributed by atoms with van der Waals surface area (Å²) in [5.41, 5.74) is 2.28. The molecule has 0 atom stereocenters. The van der Waals surface area contributed by atoms with Crippen LogP contribution < -0.4 is 11.2 Å². The van der Waals surface area contributed by atoms with Gasteiger partial charge in [0.25, 0.3) is 5.56 Å². The Bertz CT molecular complexity index is 1760. The van der Waals surface area contributed by atoms with Crippen molar-refractivity contribution in [2.75, 3.05) is 0 Å². The van der Waals surface area contributed by atoms with Gasteiger partial charge in [-0.1, -0.05) is 74.0 Å². The second kappa shape index (κ2) is 10.0. The highest BCUT2D eigenvalue weighted by molar-refractivity contribution is 5.96. The van der Waals surface area contributed by atoms with Crippen LogP contribution in [0.1, 0.15) is 46.8 Å². The number of nitrogens with zero attached hydrogens (tertiary/aromatic N) is 4. The molecule has 0 unspecified atom stereocenters. The molecule has 0 N–H and O–H groups in total. The van der Waals surface area contributed by atoms with Crippen LogP contribution in [0.5, 0.6) is 0 Å². The molecule has 0 saturated carbocycles. The van der Waals surface area contributed by atoms with Gasteiger partial charge in [-0.25, -0.2) is 18.7 Å². The van der Waals surface area contributed by atoms with Crippen LogP contribution in [0, 0.1) is 12.7 Å². The van der Waals surface area contributed by atoms with Gasteiger partial charge < -0.3 is 4.57 Å². The average molecular weight is 511 g/mol. The van der Waals surface area contributed by atoms with Crippen molar-refractivity contribution in [2.24, 2.45) is 0 Å². The molecule has 0 amide bonds. The number of hydrogen-bond donors (Lipinski definition) is 0. The minimum Gasteiger partial charge on any atom is -0.317 e. The number of aryl methyl sites for hydroxylation is 1. The van der Waals surface area contributed by atoms with Gasteiger partial charge in [0, 0.05) is 11.1 Å². The summed E-state index contributed by atoms with van der Waals surface area (Å²) in [6.45, 7) is 5.67. The minimum absolute atomic E-state index is 0.0920. The molecule has 7 nitrogen and oxygen atoms in total. The van der Waals surface area contributed by atoms with Gasteiger partial charge in [0.15, 0.2) is 16.9 Å². The topological polar surface area (TPSA) is 78.9 Å². The maximum Gasteiger partial charge on any atom is 0.337 e. The summed E-state index contributed by atoms with van der Waals surface area (Å²) in [4.78, 5) is 44.8. The molecule has 0 saturated heterocycles. The second-order valence-corrected chi connectivity index (χ2v) is 9.68. The number of ketones is 1. The van der Waals surface area contributed by atoms with Gasteiger partial charge in [-0.2, -0.15) is 0 Å². The molecular formula is C30H27FN4O3. The number of hydrogen-bond acceptors (Lipinski definition) is 4. The molecule has 38 heavy (non-hydrogen) atoms. The lowest BCUT2D eigenvalue weighted by Crippen LogP contribution is -2.40. The molecule has 0 aliphatic carbocycles. The van der Waals surface area contributed by atoms with E-state index in [2.05, 4.69) is 18.8 Å². The summed E-state index contributed by atoms with van der Waals surface area (Å²) in [5.74, 6) is -0.430. The molecule has 5 aromatic rings. The molecular weight excluding hydrogens is 483 g/mol. The Labute approximate surface area is 218 Å². The maximum absolute atomic E-state index is 14.5. The van der Waals surface area contributed by atoms with Gasteiger partial charge >= 0.3 is 5.69 Å². The number of benzene rings is 3. The number of halogens is 1. The summed E-state index contributed by atoms with van der Waals surface area (Å²) >= 11 is 0. The third kappa shape index (κ3) is 4.61. The Kier molecular flexibility index (Phi) is 6.63. The monoisotopic (exact) mass is 510 g/mol. The van der Waals surface area contributed by atoms with Crippen LogP contribution in [-0.4, -0.2) is 24.5 Å². The quantitative estimate of drug-likeness (QED) is 0.293. The number of Topliss-reactive ketones (excluding diaryl/α,β-unsaturated/α-hetero) is 1. The first-order valence-electron chi connectivity index (χ1n) is 12.4. The maximum atomic E-state index is 14.5. The van der Waals surface area contributed by atoms with E-state index in [0.717, 1.165) is 15.7 Å². The molecule has 0 aliphatic heterocycles. The fourth-order valence-electron chi connectivity index (χ4n) is 4.46. The fraction of sp³-hybridized carbons (Fsp3) is 0.200. The number of imidazole rings is 1. The van der Waals surface area contributed by atoms with E-state index in [4.69, 9.17) is 0 Å². The van der Waals surface area contributed by atoms with Gasteiger partial charge in [-0.15, -0.1) is 0 Å². The number of carbonyl (C=O) groups excluding carboxylic acids is 1. The molecule has 0 aliphatic rings. The molecule has 5 rings (SSSR count). The van der Waals surface area contributed by atoms with Crippen molar-refractivity contribution >= 4 is 16.9 Å². The zero-order valence-electron chi connectivity index (χ0n) is 21.4. The van der Waals surface area contributed by atoms with Gasteiger partial charge in [0.2, 0.25) is 0 Å². The normalized spacial score (nSPS) is 11.4. The molecule has 192 valence electrons. The van der Waals surface area contributed by atoms with Crippen molar-refractivity contribution in [3.05, 3.63) is 128 Å². The van der Waals surface area contributed by atoms with E-state index >= 15 is 0 Å². The summed E-state index contributed by atoms with van der Waals surface area (Å²) in [6, 6.07) is 20.6. The number of rotatable bonds is 7. The smallest absolute Gasteiger partial charge is 0.317 e. The molecule has 2 aromatic heterocycles. The zero-order chi connectivity index (χ0) is 27.0. The Hall–Kier alpha value is -4.59. The standard InChI is InChI=1S/C30H27FN4O3/c1-19(2)21-12-14-24(15-13-21)35-28-27(29(37)34(30(35)38)16-23-6-4-5-7-25(23)31)33(18-32-28)17-26(36)22-10-8-20(3)9-11-22/h4-15,18-19H,16-17H2,1-3H3. The fourth-order valence-corrected chi connectivity index (χ4v) is 4.46. The van der Waals surface area contributed by atoms with Crippen LogP contribution in [0.15, 0.2) is 88.7 Å². The average Bonchev–Trinajstić information content (AvgIpc) is 3.31. The van der Waals surface area contributed by atoms with Gasteiger partial charge in [0.1, 0.15) is 5.82 Å². The molecule has 3 aromatic carbocycles. The van der Waals surface area contributed by atoms with E-state index < -0.39 is 17.1 Å². The van der Waals surface area contributed by atoms with Crippen LogP contribution in [0.4, 0.5) is 4.39 Å². The van der Waals surface area contributed by atoms with Crippen LogP contribution in [0.3, 0.4) is 0 Å². The molecule has 0 fully saturated rings. The Morgan fingerprint density at radius 1 is 0.947 bits per heavy atom. The van der Waals surface area contributed by atoms with Crippen LogP contribution in [0.25, 0.3) is 16.9 Å². The lowest BCUT2D eigenvalue weighted by Gasteiger charge is -2.14. The summed E-state index contributed by atoms with van der Waals surface area (Å²) in [6.07, 6.45) is 1.39. The lowest BCUT2D eigenvalue weighted by atomic mass is 10.0. The number of fused-ring (bicyclic) bond motifs is 1. The predicted octanol–water partition coefficient (Wildman–Crippen LogP) is 4.85. The van der Waals surface area contributed by atoms with Gasteiger partial charge in [-0.05, 0) is 36.6 Å². The highest BCUT2D eigenvalue weighted by Crippen LogP contribution is 2.19. The van der Waals surface area contributed by atoms with Crippen molar-refractivity contribution in [1.29, 1.82) is 0 Å². The van der Waals surface area contributed by atoms with Crippen molar-refractivity contribution in [2.45, 2.75) is 39.8 Å². The highest BCUT2D eigenvalue weighted by Gasteiger charge is 2.21. The van der Waals surface area contributed by atoms with Gasteiger partial charge in [-0.3, -0.25) is 14.2 Å². The van der Waals surface area contributed by atoms with Gasteiger partial charge in [0.05, 0.1) is 25.1 Å². The lowest BCUT2D eigenvalue weighted by molar-refractivity contribution is 0.0973. The second-order valence-electron chi connectivity index (χ2n) is 9.68. The first-order chi connectivity index (χ1) is 18.2. The molecule has 0 radical (unpaired) electrons. The molecule has 8 heteroatoms. The Morgan fingerprint density at radius 2 is 1.63 bits per heavy atom. The number of carbonyl (C=O) groups is 1. The largest absolute Gasteiger partial charge is 0.337 e. The Morgan fingerprint density at radius 3 is 2.29 bits per heavy atom. The molecule has 2 heterocycles. The SMILES string of the molecule is Cc1ccc(C(=O)Cn2cnc3c2c(=O)n(Cc2ccccc2F)c(=O)n3-c2ccc(C(C)C)cc2)cc1. The molecule has 0 bridgehead atoms. The highest BCUT2D eigenvalue weighted by atomic mass is 19.1. The zero-order valence-corrected chi connectivity index (χ0v) is 21.4. The first kappa shape index (κ1) is 25.1. The minimum atomic E-state index is -0.641. The van der Waals surface area contributed by atoms with E-state index in [9.17, 15) is 18.8 Å². The summed E-state index contributed by atoms with van der Waals surface area (Å²) in [7, 11) is 0. The third-order valence-electron chi connectivity index (χ3n) is 6.69. The van der Waals surface area contributed by atoms with Crippen LogP contribution in [-0.2, 0) is 13.1 Å². The Balaban J connectivity index is 1.70. The van der Waals surface area contributed by atoms with E-state index in [1.165, 1.54) is 27.6 Å². The van der Waals surface area contributed by atoms with Crippen LogP contribution in [0.2, 0.25) is 0 Å². The number of aromatic nitrogens is 4. The molecule has 0 spiro atoms. The third-order valence-corrected chi connectivity index (χ3v) is 6.69. The summed E-state index contributed by atoms with van der Waals surface area (Å²) in [5, 5.41) is 0. The van der Waals surface area contributed by atoms with E-state index in [-0.39, 0.29) is 35.6 Å². The predicted molar refractivity (Wildman–Crippen MR) is 145 cm³/mol.